The van der Waals surface area contributed by atoms with Crippen LogP contribution in [0.15, 0.2) is 24.4 Å². The molecule has 1 saturated carbocycles. The van der Waals surface area contributed by atoms with Crippen molar-refractivity contribution in [2.45, 2.75) is 44.4 Å². The minimum Gasteiger partial charge on any atom is -0.396 e. The van der Waals surface area contributed by atoms with E-state index in [1.807, 2.05) is 6.07 Å². The molecule has 200 valence electrons. The Bertz CT molecular complexity index is 1130. The number of nitrogens with one attached hydrogen (secondary N) is 2. The molecule has 1 spiro atoms. The lowest BCUT2D eigenvalue weighted by atomic mass is 9.93. The number of nitrogen functional groups attached to an aromatic ring is 1. The second-order valence-electron chi connectivity index (χ2n) is 10.2. The number of anilines is 5. The average Bonchev–Trinajstić information content (AvgIpc) is 3.64. The second kappa shape index (κ2) is 10.5. The summed E-state index contributed by atoms with van der Waals surface area (Å²) in [4.78, 5) is 26.3. The Balaban J connectivity index is 1.34. The molecular weight excluding hydrogens is 500 g/mol. The third-order valence-electron chi connectivity index (χ3n) is 7.56. The van der Waals surface area contributed by atoms with E-state index in [1.165, 1.54) is 24.8 Å². The molecule has 3 aliphatic rings. The van der Waals surface area contributed by atoms with Crippen molar-refractivity contribution < 1.29 is 18.7 Å². The van der Waals surface area contributed by atoms with Crippen molar-refractivity contribution in [1.29, 1.82) is 0 Å². The molecular formula is C25H33F2N7O2S. The highest BCUT2D eigenvalue weighted by atomic mass is 32.2. The molecule has 0 unspecified atom stereocenters. The number of pyridine rings is 2. The molecule has 2 aromatic rings. The van der Waals surface area contributed by atoms with Crippen molar-refractivity contribution in [3.63, 3.8) is 0 Å². The Morgan fingerprint density at radius 1 is 1.05 bits per heavy atom. The average molecular weight is 534 g/mol. The minimum atomic E-state index is -2.67. The van der Waals surface area contributed by atoms with Gasteiger partial charge in [-0.25, -0.2) is 18.7 Å². The number of nitrogens with two attached hydrogens (primary N) is 1. The summed E-state index contributed by atoms with van der Waals surface area (Å²) in [6.45, 7) is 2.09. The SMILES string of the molecule is Nc1ccc(NC(=O)c2cnc(NSCCO)cc2N2CCC3(CC2)CC3)nc1N1CCC(F)(F)CC1. The van der Waals surface area contributed by atoms with E-state index in [0.717, 1.165) is 31.6 Å². The van der Waals surface area contributed by atoms with E-state index in [-0.39, 0.29) is 38.4 Å². The number of aromatic nitrogens is 2. The highest BCUT2D eigenvalue weighted by Crippen LogP contribution is 2.54. The number of piperidine rings is 2. The van der Waals surface area contributed by atoms with E-state index in [0.29, 0.717) is 39.9 Å². The van der Waals surface area contributed by atoms with Gasteiger partial charge in [-0.2, -0.15) is 0 Å². The van der Waals surface area contributed by atoms with Gasteiger partial charge in [0.25, 0.3) is 11.8 Å². The van der Waals surface area contributed by atoms with Gasteiger partial charge in [-0.1, -0.05) is 0 Å². The number of rotatable bonds is 8. The fraction of sp³-hybridized carbons (Fsp3) is 0.560. The van der Waals surface area contributed by atoms with Gasteiger partial charge in [0.05, 0.1) is 23.5 Å². The van der Waals surface area contributed by atoms with Crippen LogP contribution in [0.2, 0.25) is 0 Å². The molecule has 12 heteroatoms. The van der Waals surface area contributed by atoms with Gasteiger partial charge in [0, 0.05) is 57.0 Å². The first kappa shape index (κ1) is 25.8. The van der Waals surface area contributed by atoms with Crippen molar-refractivity contribution >= 4 is 46.7 Å². The van der Waals surface area contributed by atoms with Crippen molar-refractivity contribution in [2.24, 2.45) is 5.41 Å². The molecule has 1 amide bonds. The fourth-order valence-electron chi connectivity index (χ4n) is 5.02. The number of aliphatic hydroxyl groups is 1. The van der Waals surface area contributed by atoms with Gasteiger partial charge in [-0.05, 0) is 55.2 Å². The molecule has 0 atom stereocenters. The molecule has 37 heavy (non-hydrogen) atoms. The van der Waals surface area contributed by atoms with E-state index in [1.54, 1.807) is 23.2 Å². The van der Waals surface area contributed by atoms with Crippen LogP contribution in [-0.4, -0.2) is 65.4 Å². The van der Waals surface area contributed by atoms with E-state index < -0.39 is 5.92 Å². The van der Waals surface area contributed by atoms with E-state index >= 15 is 0 Å². The lowest BCUT2D eigenvalue weighted by Gasteiger charge is -2.35. The van der Waals surface area contributed by atoms with Crippen LogP contribution in [0.5, 0.6) is 0 Å². The van der Waals surface area contributed by atoms with E-state index in [4.69, 9.17) is 10.8 Å². The van der Waals surface area contributed by atoms with Gasteiger partial charge in [0.2, 0.25) is 0 Å². The molecule has 2 aromatic heterocycles. The summed E-state index contributed by atoms with van der Waals surface area (Å²) >= 11 is 1.35. The second-order valence-corrected chi connectivity index (χ2v) is 11.1. The first-order chi connectivity index (χ1) is 17.8. The number of nitrogens with zero attached hydrogens (tertiary/aromatic N) is 4. The molecule has 5 rings (SSSR count). The third-order valence-corrected chi connectivity index (χ3v) is 8.30. The van der Waals surface area contributed by atoms with Crippen molar-refractivity contribution in [3.05, 3.63) is 30.0 Å². The summed E-state index contributed by atoms with van der Waals surface area (Å²) in [6, 6.07) is 5.12. The largest absolute Gasteiger partial charge is 0.396 e. The Morgan fingerprint density at radius 2 is 1.76 bits per heavy atom. The molecule has 0 radical (unpaired) electrons. The molecule has 3 fully saturated rings. The summed E-state index contributed by atoms with van der Waals surface area (Å²) in [5.41, 5.74) is 8.20. The zero-order valence-electron chi connectivity index (χ0n) is 20.7. The van der Waals surface area contributed by atoms with Gasteiger partial charge in [0.15, 0.2) is 5.82 Å². The van der Waals surface area contributed by atoms with Gasteiger partial charge >= 0.3 is 0 Å². The summed E-state index contributed by atoms with van der Waals surface area (Å²) in [7, 11) is 0. The standard InChI is InChI=1S/C25H33F2N7O2S/c26-25(27)7-11-34(12-8-25)22-18(28)1-2-20(30-22)31-23(36)17-16-29-21(32-37-14-13-35)15-19(17)33-9-5-24(3-4-24)6-10-33/h1-2,15-16,35H,3-14,28H2,(H,29,32)(H,30,31,36). The van der Waals surface area contributed by atoms with Gasteiger partial charge in [-0.15, -0.1) is 0 Å². The van der Waals surface area contributed by atoms with Crippen molar-refractivity contribution in [2.75, 3.05) is 64.1 Å². The Labute approximate surface area is 219 Å². The number of carbonyl (C=O) groups excluding carboxylic acids is 1. The lowest BCUT2D eigenvalue weighted by molar-refractivity contribution is -0.0221. The maximum atomic E-state index is 13.6. The maximum absolute atomic E-state index is 13.6. The summed E-state index contributed by atoms with van der Waals surface area (Å²) in [5.74, 6) is -1.19. The van der Waals surface area contributed by atoms with E-state index in [9.17, 15) is 13.6 Å². The highest BCUT2D eigenvalue weighted by Gasteiger charge is 2.44. The highest BCUT2D eigenvalue weighted by molar-refractivity contribution is 8.00. The number of carbonyl (C=O) groups is 1. The quantitative estimate of drug-likeness (QED) is 0.295. The monoisotopic (exact) mass is 533 g/mol. The molecule has 0 aromatic carbocycles. The summed E-state index contributed by atoms with van der Waals surface area (Å²) in [6.07, 6.45) is 5.83. The third kappa shape index (κ3) is 6.01. The van der Waals surface area contributed by atoms with Crippen LogP contribution in [0.3, 0.4) is 0 Å². The number of hydrogen-bond donors (Lipinski definition) is 4. The topological polar surface area (TPSA) is 120 Å². The van der Waals surface area contributed by atoms with E-state index in [2.05, 4.69) is 24.9 Å². The first-order valence-corrected chi connectivity index (χ1v) is 13.7. The van der Waals surface area contributed by atoms with Crippen molar-refractivity contribution in [1.82, 2.24) is 9.97 Å². The number of hydrogen-bond acceptors (Lipinski definition) is 9. The first-order valence-electron chi connectivity index (χ1n) is 12.7. The Hall–Kier alpha value is -2.86. The minimum absolute atomic E-state index is 0.0512. The number of amides is 1. The van der Waals surface area contributed by atoms with Crippen LogP contribution in [0, 0.1) is 5.41 Å². The summed E-state index contributed by atoms with van der Waals surface area (Å²) in [5, 5.41) is 11.9. The van der Waals surface area contributed by atoms with Gasteiger partial charge < -0.3 is 30.7 Å². The van der Waals surface area contributed by atoms with Crippen LogP contribution >= 0.6 is 11.9 Å². The van der Waals surface area contributed by atoms with Gasteiger partial charge in [0.1, 0.15) is 11.6 Å². The Kier molecular flexibility index (Phi) is 7.30. The predicted octanol–water partition coefficient (Wildman–Crippen LogP) is 3.98. The Morgan fingerprint density at radius 3 is 2.43 bits per heavy atom. The van der Waals surface area contributed by atoms with Crippen molar-refractivity contribution in [3.8, 4) is 0 Å². The lowest BCUT2D eigenvalue weighted by Crippen LogP contribution is -2.40. The fourth-order valence-corrected chi connectivity index (χ4v) is 5.47. The number of halogens is 2. The van der Waals surface area contributed by atoms with Crippen LogP contribution in [0.1, 0.15) is 48.9 Å². The molecule has 1 aliphatic carbocycles. The van der Waals surface area contributed by atoms with Crippen LogP contribution < -0.4 is 25.6 Å². The predicted molar refractivity (Wildman–Crippen MR) is 144 cm³/mol. The van der Waals surface area contributed by atoms with Crippen LogP contribution in [0.25, 0.3) is 0 Å². The summed E-state index contributed by atoms with van der Waals surface area (Å²) < 4.78 is 30.4. The number of alkyl halides is 2. The molecule has 9 nitrogen and oxygen atoms in total. The molecule has 2 aliphatic heterocycles. The zero-order valence-corrected chi connectivity index (χ0v) is 21.5. The molecule has 4 heterocycles. The number of aliphatic hydroxyl groups excluding tert-OH is 1. The van der Waals surface area contributed by atoms with Crippen LogP contribution in [-0.2, 0) is 0 Å². The molecule has 5 N–H and O–H groups in total. The van der Waals surface area contributed by atoms with Crippen LogP contribution in [0.4, 0.5) is 37.6 Å². The maximum Gasteiger partial charge on any atom is 0.260 e. The van der Waals surface area contributed by atoms with Gasteiger partial charge in [-0.3, -0.25) is 4.79 Å². The normalized spacial score (nSPS) is 20.1. The zero-order chi connectivity index (χ0) is 26.0. The smallest absolute Gasteiger partial charge is 0.260 e. The molecule has 0 bridgehead atoms. The molecule has 2 saturated heterocycles.